The van der Waals surface area contributed by atoms with E-state index in [1.165, 1.54) is 47.0 Å². The standard InChI is InChI=1S/C27H29N3/c1-20-26(23-11-5-6-12-24(23)29-20)27(25-13-7-8-16-28-25)30-17-14-22(15-18-30)19-21-9-3-2-4-10-21/h2-13,16,22,27,29H,14-15,17-19H2,1H3/t27-/m1/s1. The van der Waals surface area contributed by atoms with Crippen molar-refractivity contribution in [3.8, 4) is 0 Å². The molecule has 1 N–H and O–H groups in total. The van der Waals surface area contributed by atoms with Crippen molar-refractivity contribution in [1.82, 2.24) is 14.9 Å². The van der Waals surface area contributed by atoms with Crippen LogP contribution in [-0.4, -0.2) is 28.0 Å². The van der Waals surface area contributed by atoms with E-state index in [0.717, 1.165) is 24.7 Å². The smallest absolute Gasteiger partial charge is 0.0799 e. The molecule has 0 spiro atoms. The molecule has 0 amide bonds. The lowest BCUT2D eigenvalue weighted by Gasteiger charge is -2.38. The number of H-pyrrole nitrogens is 1. The van der Waals surface area contributed by atoms with Gasteiger partial charge in [0.2, 0.25) is 0 Å². The van der Waals surface area contributed by atoms with Crippen LogP contribution in [0.1, 0.15) is 41.4 Å². The van der Waals surface area contributed by atoms with Gasteiger partial charge in [-0.3, -0.25) is 9.88 Å². The van der Waals surface area contributed by atoms with Crippen LogP contribution >= 0.6 is 0 Å². The van der Waals surface area contributed by atoms with Crippen molar-refractivity contribution < 1.29 is 0 Å². The van der Waals surface area contributed by atoms with Crippen LogP contribution in [-0.2, 0) is 6.42 Å². The average Bonchev–Trinajstić information content (AvgIpc) is 3.12. The number of nitrogens with one attached hydrogen (secondary N) is 1. The molecule has 1 saturated heterocycles. The largest absolute Gasteiger partial charge is 0.358 e. The third-order valence-corrected chi connectivity index (χ3v) is 6.57. The van der Waals surface area contributed by atoms with E-state index in [0.29, 0.717) is 0 Å². The zero-order valence-electron chi connectivity index (χ0n) is 17.6. The highest BCUT2D eigenvalue weighted by atomic mass is 15.2. The number of nitrogens with zero attached hydrogens (tertiary/aromatic N) is 2. The highest BCUT2D eigenvalue weighted by Crippen LogP contribution is 2.37. The molecule has 5 rings (SSSR count). The number of para-hydroxylation sites is 1. The summed E-state index contributed by atoms with van der Waals surface area (Å²) in [5.41, 5.74) is 6.45. The van der Waals surface area contributed by atoms with Crippen molar-refractivity contribution in [2.45, 2.75) is 32.2 Å². The number of benzene rings is 2. The number of aromatic nitrogens is 2. The van der Waals surface area contributed by atoms with Gasteiger partial charge >= 0.3 is 0 Å². The summed E-state index contributed by atoms with van der Waals surface area (Å²) in [7, 11) is 0. The fraction of sp³-hybridized carbons (Fsp3) is 0.296. The highest BCUT2D eigenvalue weighted by Gasteiger charge is 2.31. The molecule has 1 atom stereocenters. The molecule has 0 unspecified atom stereocenters. The lowest BCUT2D eigenvalue weighted by molar-refractivity contribution is 0.149. The van der Waals surface area contributed by atoms with E-state index >= 15 is 0 Å². The second kappa shape index (κ2) is 8.45. The molecule has 1 fully saturated rings. The highest BCUT2D eigenvalue weighted by molar-refractivity contribution is 5.85. The quantitative estimate of drug-likeness (QED) is 0.455. The van der Waals surface area contributed by atoms with Crippen LogP contribution in [0.15, 0.2) is 79.0 Å². The number of aromatic amines is 1. The Morgan fingerprint density at radius 1 is 0.933 bits per heavy atom. The third kappa shape index (κ3) is 3.78. The molecule has 4 aromatic rings. The zero-order valence-corrected chi connectivity index (χ0v) is 17.6. The Morgan fingerprint density at radius 3 is 2.43 bits per heavy atom. The van der Waals surface area contributed by atoms with Crippen LogP contribution in [0.3, 0.4) is 0 Å². The Hall–Kier alpha value is -2.91. The maximum atomic E-state index is 4.79. The molecule has 0 saturated carbocycles. The Kier molecular flexibility index (Phi) is 5.37. The molecule has 2 aromatic carbocycles. The van der Waals surface area contributed by atoms with Crippen molar-refractivity contribution in [3.63, 3.8) is 0 Å². The number of likely N-dealkylation sites (tertiary alicyclic amines) is 1. The van der Waals surface area contributed by atoms with Gasteiger partial charge in [0.1, 0.15) is 0 Å². The fourth-order valence-corrected chi connectivity index (χ4v) is 5.07. The number of fused-ring (bicyclic) bond motifs is 1. The van der Waals surface area contributed by atoms with Crippen LogP contribution in [0, 0.1) is 12.8 Å². The SMILES string of the molecule is Cc1[nH]c2ccccc2c1[C@@H](c1ccccn1)N1CCC(Cc2ccccc2)CC1. The van der Waals surface area contributed by atoms with Gasteiger partial charge in [-0.2, -0.15) is 0 Å². The van der Waals surface area contributed by atoms with Crippen molar-refractivity contribution in [3.05, 3.63) is 102 Å². The van der Waals surface area contributed by atoms with Gasteiger partial charge in [-0.25, -0.2) is 0 Å². The number of hydrogen-bond acceptors (Lipinski definition) is 2. The third-order valence-electron chi connectivity index (χ3n) is 6.57. The van der Waals surface area contributed by atoms with E-state index in [-0.39, 0.29) is 6.04 Å². The molecule has 0 bridgehead atoms. The number of pyridine rings is 1. The summed E-state index contributed by atoms with van der Waals surface area (Å²) in [4.78, 5) is 11.0. The van der Waals surface area contributed by atoms with Gasteiger partial charge < -0.3 is 4.98 Å². The Bertz CT molecular complexity index is 1090. The molecule has 3 heterocycles. The summed E-state index contributed by atoms with van der Waals surface area (Å²) < 4.78 is 0. The van der Waals surface area contributed by atoms with Gasteiger partial charge in [-0.1, -0.05) is 54.6 Å². The van der Waals surface area contributed by atoms with Crippen LogP contribution in [0.2, 0.25) is 0 Å². The van der Waals surface area contributed by atoms with E-state index < -0.39 is 0 Å². The predicted octanol–water partition coefficient (Wildman–Crippen LogP) is 5.92. The first kappa shape index (κ1) is 19.1. The Labute approximate surface area is 178 Å². The molecule has 152 valence electrons. The predicted molar refractivity (Wildman–Crippen MR) is 124 cm³/mol. The molecule has 2 aromatic heterocycles. The maximum Gasteiger partial charge on any atom is 0.0799 e. The number of hydrogen-bond donors (Lipinski definition) is 1. The first-order valence-corrected chi connectivity index (χ1v) is 11.1. The lowest BCUT2D eigenvalue weighted by Crippen LogP contribution is -2.38. The molecule has 0 aliphatic carbocycles. The van der Waals surface area contributed by atoms with Crippen LogP contribution in [0.25, 0.3) is 10.9 Å². The summed E-state index contributed by atoms with van der Waals surface area (Å²) in [6.07, 6.45) is 5.59. The Balaban J connectivity index is 1.43. The van der Waals surface area contributed by atoms with E-state index in [2.05, 4.69) is 83.5 Å². The second-order valence-corrected chi connectivity index (χ2v) is 8.54. The van der Waals surface area contributed by atoms with E-state index in [1.54, 1.807) is 0 Å². The zero-order chi connectivity index (χ0) is 20.3. The number of rotatable bonds is 5. The molecule has 3 nitrogen and oxygen atoms in total. The Morgan fingerprint density at radius 2 is 1.67 bits per heavy atom. The summed E-state index contributed by atoms with van der Waals surface area (Å²) in [6, 6.07) is 26.1. The summed E-state index contributed by atoms with van der Waals surface area (Å²) in [6.45, 7) is 4.42. The molecule has 1 aliphatic rings. The van der Waals surface area contributed by atoms with Crippen molar-refractivity contribution in [2.24, 2.45) is 5.92 Å². The van der Waals surface area contributed by atoms with E-state index in [4.69, 9.17) is 4.98 Å². The first-order valence-electron chi connectivity index (χ1n) is 11.1. The number of aryl methyl sites for hydroxylation is 1. The molecule has 0 radical (unpaired) electrons. The summed E-state index contributed by atoms with van der Waals surface area (Å²) in [5.74, 6) is 0.761. The van der Waals surface area contributed by atoms with Crippen LogP contribution in [0.4, 0.5) is 0 Å². The van der Waals surface area contributed by atoms with Crippen molar-refractivity contribution in [2.75, 3.05) is 13.1 Å². The lowest BCUT2D eigenvalue weighted by atomic mass is 9.88. The van der Waals surface area contributed by atoms with Gasteiger partial charge in [0.25, 0.3) is 0 Å². The minimum Gasteiger partial charge on any atom is -0.358 e. The molecule has 3 heteroatoms. The van der Waals surface area contributed by atoms with Crippen molar-refractivity contribution >= 4 is 10.9 Å². The first-order chi connectivity index (χ1) is 14.8. The van der Waals surface area contributed by atoms with Gasteiger partial charge in [-0.15, -0.1) is 0 Å². The summed E-state index contributed by atoms with van der Waals surface area (Å²) >= 11 is 0. The molecular weight excluding hydrogens is 366 g/mol. The minimum atomic E-state index is 0.194. The van der Waals surface area contributed by atoms with Gasteiger partial charge in [0.05, 0.1) is 11.7 Å². The van der Waals surface area contributed by atoms with Gasteiger partial charge in [0.15, 0.2) is 0 Å². The van der Waals surface area contributed by atoms with E-state index in [1.807, 2.05) is 12.3 Å². The normalized spacial score (nSPS) is 16.7. The maximum absolute atomic E-state index is 4.79. The van der Waals surface area contributed by atoms with E-state index in [9.17, 15) is 0 Å². The topological polar surface area (TPSA) is 31.9 Å². The fourth-order valence-electron chi connectivity index (χ4n) is 5.07. The van der Waals surface area contributed by atoms with Crippen LogP contribution in [0.5, 0.6) is 0 Å². The average molecular weight is 396 g/mol. The molecule has 1 aliphatic heterocycles. The van der Waals surface area contributed by atoms with Crippen molar-refractivity contribution in [1.29, 1.82) is 0 Å². The second-order valence-electron chi connectivity index (χ2n) is 8.54. The molecule has 30 heavy (non-hydrogen) atoms. The summed E-state index contributed by atoms with van der Waals surface area (Å²) in [5, 5.41) is 1.32. The number of piperidine rings is 1. The monoisotopic (exact) mass is 395 g/mol. The minimum absolute atomic E-state index is 0.194. The van der Waals surface area contributed by atoms with Crippen LogP contribution < -0.4 is 0 Å². The van der Waals surface area contributed by atoms with Gasteiger partial charge in [-0.05, 0) is 69.0 Å². The molecular formula is C27H29N3. The van der Waals surface area contributed by atoms with Gasteiger partial charge in [0, 0.05) is 28.4 Å².